The van der Waals surface area contributed by atoms with E-state index < -0.39 is 49.7 Å². The average Bonchev–Trinajstić information content (AvgIpc) is 3.05. The highest BCUT2D eigenvalue weighted by Crippen LogP contribution is 2.41. The monoisotopic (exact) mass is 615 g/mol. The predicted octanol–water partition coefficient (Wildman–Crippen LogP) is 5.77. The molecule has 228 valence electrons. The smallest absolute Gasteiger partial charge is 0.338 e. The van der Waals surface area contributed by atoms with Crippen molar-refractivity contribution in [2.45, 2.75) is 0 Å². The minimum absolute atomic E-state index is 0.0292. The molecule has 4 aromatic rings. The summed E-state index contributed by atoms with van der Waals surface area (Å²) in [5, 5.41) is 36.3. The van der Waals surface area contributed by atoms with E-state index in [1.165, 1.54) is 54.6 Å². The molecule has 0 unspecified atom stereocenters. The molecule has 0 aliphatic carbocycles. The Hall–Kier alpha value is -6.51. The minimum Gasteiger partial charge on any atom is -0.465 e. The summed E-state index contributed by atoms with van der Waals surface area (Å²) in [6.07, 6.45) is 0. The molecule has 4 aromatic carbocycles. The van der Waals surface area contributed by atoms with Gasteiger partial charge < -0.3 is 14.2 Å². The lowest BCUT2D eigenvalue weighted by Crippen LogP contribution is -2.04. The molecule has 0 bridgehead atoms. The van der Waals surface area contributed by atoms with E-state index in [4.69, 9.17) is 0 Å². The van der Waals surface area contributed by atoms with Gasteiger partial charge in [0.25, 0.3) is 17.1 Å². The summed E-state index contributed by atoms with van der Waals surface area (Å²) in [6.45, 7) is 0. The molecule has 45 heavy (non-hydrogen) atoms. The van der Waals surface area contributed by atoms with Crippen molar-refractivity contribution in [3.63, 3.8) is 0 Å². The fraction of sp³-hybridized carbons (Fsp3) is 0.100. The van der Waals surface area contributed by atoms with E-state index in [0.717, 1.165) is 39.5 Å². The first-order valence-corrected chi connectivity index (χ1v) is 12.7. The quantitative estimate of drug-likeness (QED) is 0.0951. The number of benzene rings is 4. The first kappa shape index (κ1) is 31.4. The van der Waals surface area contributed by atoms with Crippen molar-refractivity contribution in [1.29, 1.82) is 0 Å². The van der Waals surface area contributed by atoms with Gasteiger partial charge in [-0.15, -0.1) is 0 Å². The maximum Gasteiger partial charge on any atom is 0.338 e. The Morgan fingerprint density at radius 2 is 0.711 bits per heavy atom. The second kappa shape index (κ2) is 12.8. The number of carbonyl (C=O) groups excluding carboxylic acids is 3. The van der Waals surface area contributed by atoms with Crippen LogP contribution in [0.2, 0.25) is 0 Å². The van der Waals surface area contributed by atoms with E-state index in [1.54, 1.807) is 0 Å². The van der Waals surface area contributed by atoms with Crippen LogP contribution in [-0.2, 0) is 14.2 Å². The molecule has 0 aliphatic heterocycles. The zero-order chi connectivity index (χ0) is 33.0. The molecule has 0 fully saturated rings. The highest BCUT2D eigenvalue weighted by Gasteiger charge is 2.26. The van der Waals surface area contributed by atoms with Gasteiger partial charge >= 0.3 is 17.9 Å². The molecule has 0 N–H and O–H groups in total. The van der Waals surface area contributed by atoms with E-state index in [-0.39, 0.29) is 50.1 Å². The summed E-state index contributed by atoms with van der Waals surface area (Å²) in [5.41, 5.74) is -1.70. The second-order valence-corrected chi connectivity index (χ2v) is 9.24. The maximum absolute atomic E-state index is 12.1. The molecule has 0 aliphatic rings. The molecule has 0 atom stereocenters. The molecule has 0 radical (unpaired) electrons. The van der Waals surface area contributed by atoms with Crippen molar-refractivity contribution in [3.8, 4) is 33.4 Å². The van der Waals surface area contributed by atoms with Crippen LogP contribution in [0.15, 0.2) is 72.8 Å². The third kappa shape index (κ3) is 6.31. The zero-order valence-corrected chi connectivity index (χ0v) is 23.7. The van der Waals surface area contributed by atoms with Crippen LogP contribution < -0.4 is 0 Å². The van der Waals surface area contributed by atoms with Gasteiger partial charge in [0.15, 0.2) is 0 Å². The fourth-order valence-electron chi connectivity index (χ4n) is 4.61. The topological polar surface area (TPSA) is 208 Å². The second-order valence-electron chi connectivity index (χ2n) is 9.24. The Morgan fingerprint density at radius 1 is 0.467 bits per heavy atom. The average molecular weight is 616 g/mol. The number of hydrogen-bond acceptors (Lipinski definition) is 12. The van der Waals surface area contributed by atoms with Crippen LogP contribution in [0, 0.1) is 30.3 Å². The van der Waals surface area contributed by atoms with Crippen LogP contribution in [0.3, 0.4) is 0 Å². The van der Waals surface area contributed by atoms with Crippen LogP contribution in [0.1, 0.15) is 31.1 Å². The lowest BCUT2D eigenvalue weighted by Gasteiger charge is -2.13. The lowest BCUT2D eigenvalue weighted by molar-refractivity contribution is -0.384. The highest BCUT2D eigenvalue weighted by molar-refractivity contribution is 5.96. The summed E-state index contributed by atoms with van der Waals surface area (Å²) in [5.74, 6) is -2.50. The van der Waals surface area contributed by atoms with Gasteiger partial charge in [0, 0.05) is 18.2 Å². The molecule has 0 heterocycles. The van der Waals surface area contributed by atoms with Crippen LogP contribution in [0.25, 0.3) is 33.4 Å². The first-order chi connectivity index (χ1) is 21.4. The predicted molar refractivity (Wildman–Crippen MR) is 157 cm³/mol. The molecule has 0 saturated heterocycles. The number of nitro benzene ring substituents is 3. The summed E-state index contributed by atoms with van der Waals surface area (Å²) < 4.78 is 14.0. The van der Waals surface area contributed by atoms with Crippen LogP contribution >= 0.6 is 0 Å². The number of nitrogens with zero attached hydrogens (tertiary/aromatic N) is 3. The molecule has 0 aromatic heterocycles. The van der Waals surface area contributed by atoms with Gasteiger partial charge in [-0.05, 0) is 71.3 Å². The van der Waals surface area contributed by atoms with Gasteiger partial charge in [-0.1, -0.05) is 0 Å². The molecular formula is C30H21N3O12. The number of carbonyl (C=O) groups is 3. The van der Waals surface area contributed by atoms with Crippen molar-refractivity contribution < 1.29 is 43.4 Å². The van der Waals surface area contributed by atoms with E-state index in [1.807, 2.05) is 0 Å². The molecular weight excluding hydrogens is 594 g/mol. The van der Waals surface area contributed by atoms with Gasteiger partial charge in [0.2, 0.25) is 0 Å². The Kier molecular flexibility index (Phi) is 8.93. The van der Waals surface area contributed by atoms with Crippen molar-refractivity contribution in [2.24, 2.45) is 0 Å². The summed E-state index contributed by atoms with van der Waals surface area (Å²) in [4.78, 5) is 70.3. The number of ether oxygens (including phenoxy) is 3. The SMILES string of the molecule is COC(=O)c1ccc(-c2cc(-c3ccc(C(=O)OC)cc3[N+](=O)[O-])cc(-c3ccc(C(=O)OC)cc3[N+](=O)[O-])c2)c([N+](=O)[O-])c1. The summed E-state index contributed by atoms with van der Waals surface area (Å²) >= 11 is 0. The third-order valence-electron chi connectivity index (χ3n) is 6.71. The molecule has 15 heteroatoms. The van der Waals surface area contributed by atoms with Gasteiger partial charge in [0.05, 0.1) is 69.5 Å². The molecule has 4 rings (SSSR count). The van der Waals surface area contributed by atoms with Crippen molar-refractivity contribution in [3.05, 3.63) is 120 Å². The van der Waals surface area contributed by atoms with Crippen molar-refractivity contribution >= 4 is 35.0 Å². The molecule has 15 nitrogen and oxygen atoms in total. The van der Waals surface area contributed by atoms with E-state index >= 15 is 0 Å². The number of methoxy groups -OCH3 is 3. The number of nitro groups is 3. The largest absolute Gasteiger partial charge is 0.465 e. The van der Waals surface area contributed by atoms with Crippen molar-refractivity contribution in [1.82, 2.24) is 0 Å². The summed E-state index contributed by atoms with van der Waals surface area (Å²) in [6, 6.07) is 14.8. The summed E-state index contributed by atoms with van der Waals surface area (Å²) in [7, 11) is 3.32. The Morgan fingerprint density at radius 3 is 0.911 bits per heavy atom. The van der Waals surface area contributed by atoms with Crippen LogP contribution in [0.4, 0.5) is 17.1 Å². The normalized spacial score (nSPS) is 10.5. The fourth-order valence-corrected chi connectivity index (χ4v) is 4.61. The minimum atomic E-state index is -0.832. The Balaban J connectivity index is 2.08. The lowest BCUT2D eigenvalue weighted by atomic mass is 9.90. The maximum atomic E-state index is 12.1. The molecule has 0 spiro atoms. The van der Waals surface area contributed by atoms with Gasteiger partial charge in [-0.25, -0.2) is 14.4 Å². The van der Waals surface area contributed by atoms with Gasteiger partial charge in [-0.3, -0.25) is 30.3 Å². The van der Waals surface area contributed by atoms with E-state index in [9.17, 15) is 44.7 Å². The Labute approximate surface area is 253 Å². The van der Waals surface area contributed by atoms with Crippen LogP contribution in [0.5, 0.6) is 0 Å². The van der Waals surface area contributed by atoms with Gasteiger partial charge in [0.1, 0.15) is 0 Å². The number of rotatable bonds is 9. The Bertz CT molecular complexity index is 1690. The number of esters is 3. The van der Waals surface area contributed by atoms with Gasteiger partial charge in [-0.2, -0.15) is 0 Å². The molecule has 0 saturated carbocycles. The standard InChI is InChI=1S/C30H21N3O12/c1-43-28(34)16-4-7-22(25(13-16)31(37)38)19-10-20(23-8-5-17(29(35)44-2)14-26(23)32(39)40)12-21(11-19)24-9-6-18(30(36)45-3)15-27(24)33(41)42/h4-15H,1-3H3. The highest BCUT2D eigenvalue weighted by atomic mass is 16.6. The first-order valence-electron chi connectivity index (χ1n) is 12.7. The van der Waals surface area contributed by atoms with E-state index in [0.29, 0.717) is 0 Å². The molecule has 0 amide bonds. The third-order valence-corrected chi connectivity index (χ3v) is 6.71. The number of hydrogen-bond donors (Lipinski definition) is 0. The van der Waals surface area contributed by atoms with E-state index in [2.05, 4.69) is 14.2 Å². The zero-order valence-electron chi connectivity index (χ0n) is 23.7. The van der Waals surface area contributed by atoms with Crippen LogP contribution in [-0.4, -0.2) is 54.0 Å². The van der Waals surface area contributed by atoms with Crippen molar-refractivity contribution in [2.75, 3.05) is 21.3 Å².